The molecule has 0 bridgehead atoms. The van der Waals surface area contributed by atoms with Crippen LogP contribution in [0.5, 0.6) is 11.5 Å². The summed E-state index contributed by atoms with van der Waals surface area (Å²) in [6.07, 6.45) is 3.57. The Hall–Kier alpha value is -2.70. The van der Waals surface area contributed by atoms with E-state index in [1.165, 1.54) is 36.5 Å². The van der Waals surface area contributed by atoms with E-state index in [4.69, 9.17) is 4.74 Å². The van der Waals surface area contributed by atoms with Gasteiger partial charge in [-0.25, -0.2) is 4.79 Å². The molecule has 1 saturated carbocycles. The Morgan fingerprint density at radius 2 is 2.08 bits per heavy atom. The van der Waals surface area contributed by atoms with Gasteiger partial charge in [-0.1, -0.05) is 0 Å². The molecule has 1 aliphatic carbocycles. The molecule has 1 aliphatic rings. The zero-order valence-electron chi connectivity index (χ0n) is 12.6. The smallest absolute Gasteiger partial charge is 0.387 e. The van der Waals surface area contributed by atoms with E-state index in [2.05, 4.69) is 9.72 Å². The third-order valence-corrected chi connectivity index (χ3v) is 3.64. The van der Waals surface area contributed by atoms with Crippen molar-refractivity contribution in [2.75, 3.05) is 6.61 Å². The van der Waals surface area contributed by atoms with Gasteiger partial charge in [-0.2, -0.15) is 8.78 Å². The SMILES string of the molecule is O=C(O)c1cccnc1-c1ccc(OC(F)F)c(OCC2CC2)c1. The van der Waals surface area contributed by atoms with E-state index in [9.17, 15) is 18.7 Å². The van der Waals surface area contributed by atoms with E-state index < -0.39 is 12.6 Å². The van der Waals surface area contributed by atoms with Crippen molar-refractivity contribution in [3.05, 3.63) is 42.1 Å². The lowest BCUT2D eigenvalue weighted by molar-refractivity contribution is -0.0515. The molecule has 7 heteroatoms. The monoisotopic (exact) mass is 335 g/mol. The molecule has 1 fully saturated rings. The van der Waals surface area contributed by atoms with Gasteiger partial charge in [0, 0.05) is 11.8 Å². The number of hydrogen-bond acceptors (Lipinski definition) is 4. The highest BCUT2D eigenvalue weighted by atomic mass is 19.3. The van der Waals surface area contributed by atoms with Crippen LogP contribution in [0.15, 0.2) is 36.5 Å². The number of ether oxygens (including phenoxy) is 2. The number of aromatic carboxylic acids is 1. The van der Waals surface area contributed by atoms with Gasteiger partial charge in [0.1, 0.15) is 0 Å². The van der Waals surface area contributed by atoms with Gasteiger partial charge in [0.05, 0.1) is 17.9 Å². The van der Waals surface area contributed by atoms with Crippen molar-refractivity contribution in [2.45, 2.75) is 19.5 Å². The zero-order chi connectivity index (χ0) is 17.1. The van der Waals surface area contributed by atoms with Crippen molar-refractivity contribution in [1.82, 2.24) is 4.98 Å². The maximum absolute atomic E-state index is 12.5. The minimum absolute atomic E-state index is 0.0215. The van der Waals surface area contributed by atoms with E-state index in [0.717, 1.165) is 12.8 Å². The van der Waals surface area contributed by atoms with E-state index in [0.29, 0.717) is 18.1 Å². The number of alkyl halides is 2. The normalized spacial score (nSPS) is 13.8. The molecule has 0 atom stereocenters. The van der Waals surface area contributed by atoms with Crippen LogP contribution in [-0.2, 0) is 0 Å². The summed E-state index contributed by atoms with van der Waals surface area (Å²) in [6.45, 7) is -2.56. The summed E-state index contributed by atoms with van der Waals surface area (Å²) in [5.41, 5.74) is 0.721. The first-order chi connectivity index (χ1) is 11.5. The van der Waals surface area contributed by atoms with Gasteiger partial charge in [-0.3, -0.25) is 4.98 Å². The second-order valence-electron chi connectivity index (χ2n) is 5.50. The topological polar surface area (TPSA) is 68.7 Å². The molecular weight excluding hydrogens is 320 g/mol. The Kier molecular flexibility index (Phi) is 4.59. The average Bonchev–Trinajstić information content (AvgIpc) is 3.37. The summed E-state index contributed by atoms with van der Waals surface area (Å²) >= 11 is 0. The highest BCUT2D eigenvalue weighted by Crippen LogP contribution is 2.36. The minimum Gasteiger partial charge on any atom is -0.489 e. The molecule has 0 amide bonds. The molecule has 3 rings (SSSR count). The van der Waals surface area contributed by atoms with Crippen molar-refractivity contribution in [2.24, 2.45) is 5.92 Å². The van der Waals surface area contributed by atoms with Gasteiger partial charge in [0.2, 0.25) is 0 Å². The molecule has 1 aromatic heterocycles. The number of carboxylic acid groups (broad SMARTS) is 1. The Morgan fingerprint density at radius 1 is 1.29 bits per heavy atom. The Balaban J connectivity index is 1.96. The number of pyridine rings is 1. The lowest BCUT2D eigenvalue weighted by atomic mass is 10.1. The second kappa shape index (κ2) is 6.82. The van der Waals surface area contributed by atoms with E-state index >= 15 is 0 Å². The van der Waals surface area contributed by atoms with Crippen LogP contribution >= 0.6 is 0 Å². The van der Waals surface area contributed by atoms with Crippen LogP contribution < -0.4 is 9.47 Å². The predicted molar refractivity (Wildman–Crippen MR) is 81.5 cm³/mol. The van der Waals surface area contributed by atoms with Crippen molar-refractivity contribution < 1.29 is 28.2 Å². The molecule has 0 radical (unpaired) electrons. The summed E-state index contributed by atoms with van der Waals surface area (Å²) < 4.78 is 35.1. The summed E-state index contributed by atoms with van der Waals surface area (Å²) in [4.78, 5) is 15.4. The number of aromatic nitrogens is 1. The first-order valence-electron chi connectivity index (χ1n) is 7.45. The van der Waals surface area contributed by atoms with Crippen molar-refractivity contribution in [1.29, 1.82) is 0 Å². The Bertz CT molecular complexity index is 747. The molecule has 24 heavy (non-hydrogen) atoms. The predicted octanol–water partition coefficient (Wildman–Crippen LogP) is 3.84. The van der Waals surface area contributed by atoms with Crippen molar-refractivity contribution in [3.63, 3.8) is 0 Å². The molecule has 1 aromatic carbocycles. The number of hydrogen-bond donors (Lipinski definition) is 1. The number of halogens is 2. The summed E-state index contributed by atoms with van der Waals surface area (Å²) in [7, 11) is 0. The maximum atomic E-state index is 12.5. The fourth-order valence-electron chi connectivity index (χ4n) is 2.26. The van der Waals surface area contributed by atoms with Crippen LogP contribution in [0.3, 0.4) is 0 Å². The van der Waals surface area contributed by atoms with Gasteiger partial charge >= 0.3 is 12.6 Å². The summed E-state index contributed by atoms with van der Waals surface area (Å²) in [5, 5.41) is 9.26. The van der Waals surface area contributed by atoms with Crippen LogP contribution in [0.4, 0.5) is 8.78 Å². The van der Waals surface area contributed by atoms with E-state index in [1.54, 1.807) is 0 Å². The summed E-state index contributed by atoms with van der Waals surface area (Å²) in [6, 6.07) is 7.25. The number of benzene rings is 1. The van der Waals surface area contributed by atoms with Gasteiger partial charge in [0.25, 0.3) is 0 Å². The first kappa shape index (κ1) is 16.2. The fraction of sp³-hybridized carbons (Fsp3) is 0.294. The zero-order valence-corrected chi connectivity index (χ0v) is 12.6. The first-order valence-corrected chi connectivity index (χ1v) is 7.45. The lowest BCUT2D eigenvalue weighted by Crippen LogP contribution is -2.07. The third-order valence-electron chi connectivity index (χ3n) is 3.64. The largest absolute Gasteiger partial charge is 0.489 e. The molecule has 0 aliphatic heterocycles. The molecular formula is C17H15F2NO4. The van der Waals surface area contributed by atoms with Crippen LogP contribution in [0.1, 0.15) is 23.2 Å². The Labute approximate surface area is 136 Å². The average molecular weight is 335 g/mol. The second-order valence-corrected chi connectivity index (χ2v) is 5.50. The standard InChI is InChI=1S/C17H15F2NO4/c18-17(19)24-13-6-5-11(8-14(13)23-9-10-3-4-10)15-12(16(21)22)2-1-7-20-15/h1-2,5-8,10,17H,3-4,9H2,(H,21,22). The number of carboxylic acids is 1. The molecule has 2 aromatic rings. The van der Waals surface area contributed by atoms with Crippen LogP contribution in [-0.4, -0.2) is 29.3 Å². The highest BCUT2D eigenvalue weighted by molar-refractivity contribution is 5.94. The van der Waals surface area contributed by atoms with E-state index in [-0.39, 0.29) is 22.8 Å². The maximum Gasteiger partial charge on any atom is 0.387 e. The summed E-state index contributed by atoms with van der Waals surface area (Å²) in [5.74, 6) is -0.618. The number of carbonyl (C=O) groups is 1. The van der Waals surface area contributed by atoms with Crippen LogP contribution in [0.2, 0.25) is 0 Å². The highest BCUT2D eigenvalue weighted by Gasteiger charge is 2.23. The molecule has 0 spiro atoms. The number of nitrogens with zero attached hydrogens (tertiary/aromatic N) is 1. The third kappa shape index (κ3) is 3.79. The van der Waals surface area contributed by atoms with Gasteiger partial charge in [-0.05, 0) is 49.1 Å². The van der Waals surface area contributed by atoms with Gasteiger partial charge in [-0.15, -0.1) is 0 Å². The minimum atomic E-state index is -2.97. The van der Waals surface area contributed by atoms with E-state index in [1.807, 2.05) is 0 Å². The molecule has 1 N–H and O–H groups in total. The van der Waals surface area contributed by atoms with Gasteiger partial charge in [0.15, 0.2) is 11.5 Å². The van der Waals surface area contributed by atoms with Crippen LogP contribution in [0.25, 0.3) is 11.3 Å². The molecule has 0 saturated heterocycles. The van der Waals surface area contributed by atoms with Gasteiger partial charge < -0.3 is 14.6 Å². The number of rotatable bonds is 7. The van der Waals surface area contributed by atoms with Crippen LogP contribution in [0, 0.1) is 5.92 Å². The molecule has 0 unspecified atom stereocenters. The Morgan fingerprint density at radius 3 is 2.75 bits per heavy atom. The van der Waals surface area contributed by atoms with Crippen molar-refractivity contribution in [3.8, 4) is 22.8 Å². The van der Waals surface area contributed by atoms with Crippen molar-refractivity contribution >= 4 is 5.97 Å². The molecule has 1 heterocycles. The lowest BCUT2D eigenvalue weighted by Gasteiger charge is -2.14. The molecule has 5 nitrogen and oxygen atoms in total. The molecule has 126 valence electrons. The fourth-order valence-corrected chi connectivity index (χ4v) is 2.26. The quantitative estimate of drug-likeness (QED) is 0.833.